The molecule has 8 heteroatoms. The van der Waals surface area contributed by atoms with Crippen molar-refractivity contribution in [3.8, 4) is 11.8 Å². The molecule has 2 aromatic carbocycles. The molecule has 1 aliphatic heterocycles. The fraction of sp³-hybridized carbons (Fsp3) is 0.250. The molecule has 0 saturated heterocycles. The summed E-state index contributed by atoms with van der Waals surface area (Å²) in [5.41, 5.74) is 3.57. The van der Waals surface area contributed by atoms with Crippen LogP contribution < -0.4 is 15.4 Å². The van der Waals surface area contributed by atoms with Crippen LogP contribution in [0.3, 0.4) is 0 Å². The number of carbonyl (C=O) groups excluding carboxylic acids is 2. The van der Waals surface area contributed by atoms with Crippen LogP contribution in [0.5, 0.6) is 5.75 Å². The highest BCUT2D eigenvalue weighted by molar-refractivity contribution is 6.30. The third-order valence-electron chi connectivity index (χ3n) is 5.66. The van der Waals surface area contributed by atoms with E-state index in [4.69, 9.17) is 26.3 Å². The number of dihydropyridines is 1. The molecule has 0 aliphatic carbocycles. The van der Waals surface area contributed by atoms with Crippen LogP contribution >= 0.6 is 11.6 Å². The molecule has 0 bridgehead atoms. The largest absolute Gasteiger partial charge is 0.497 e. The van der Waals surface area contributed by atoms with E-state index < -0.39 is 11.9 Å². The standard InChI is InChI=1S/C28H28ClN3O4/c1-18-24(27(33)31-15-5-7-20-10-12-23(35-3)13-11-20)26(21-8-4-9-22(29)17-21)25(19(2)32-18)28(34)36-16-6-14-30/h4-5,7-13,17,26,32H,6,15-16H2,1-3H3,(H,31,33)/b7-5+. The summed E-state index contributed by atoms with van der Waals surface area (Å²) in [6, 6.07) is 16.6. The highest BCUT2D eigenvalue weighted by atomic mass is 35.5. The van der Waals surface area contributed by atoms with Crippen LogP contribution in [0.2, 0.25) is 5.02 Å². The molecule has 3 rings (SSSR count). The first kappa shape index (κ1) is 26.6. The van der Waals surface area contributed by atoms with Gasteiger partial charge in [-0.2, -0.15) is 5.26 Å². The summed E-state index contributed by atoms with van der Waals surface area (Å²) in [7, 11) is 1.61. The minimum absolute atomic E-state index is 0.0330. The lowest BCUT2D eigenvalue weighted by molar-refractivity contribution is -0.139. The maximum absolute atomic E-state index is 13.4. The Hall–Kier alpha value is -4.02. The van der Waals surface area contributed by atoms with Gasteiger partial charge in [0.15, 0.2) is 0 Å². The van der Waals surface area contributed by atoms with Crippen LogP contribution in [0, 0.1) is 11.3 Å². The number of ether oxygens (including phenoxy) is 2. The van der Waals surface area contributed by atoms with Gasteiger partial charge < -0.3 is 20.1 Å². The summed E-state index contributed by atoms with van der Waals surface area (Å²) in [5.74, 6) is -0.827. The lowest BCUT2D eigenvalue weighted by Gasteiger charge is -2.31. The van der Waals surface area contributed by atoms with E-state index in [0.29, 0.717) is 33.1 Å². The number of hydrogen-bond donors (Lipinski definition) is 2. The zero-order chi connectivity index (χ0) is 26.1. The maximum atomic E-state index is 13.4. The number of esters is 1. The first-order valence-electron chi connectivity index (χ1n) is 11.4. The molecule has 0 spiro atoms. The molecule has 2 N–H and O–H groups in total. The second kappa shape index (κ2) is 12.6. The number of hydrogen-bond acceptors (Lipinski definition) is 6. The van der Waals surface area contributed by atoms with E-state index in [2.05, 4.69) is 10.6 Å². The topological polar surface area (TPSA) is 100 Å². The van der Waals surface area contributed by atoms with Gasteiger partial charge in [0.1, 0.15) is 12.4 Å². The van der Waals surface area contributed by atoms with E-state index in [1.165, 1.54) is 0 Å². The van der Waals surface area contributed by atoms with Gasteiger partial charge in [-0.25, -0.2) is 4.79 Å². The number of halogens is 1. The average Bonchev–Trinajstić information content (AvgIpc) is 2.86. The Balaban J connectivity index is 1.85. The predicted molar refractivity (Wildman–Crippen MR) is 139 cm³/mol. The van der Waals surface area contributed by atoms with Crippen molar-refractivity contribution >= 4 is 29.6 Å². The maximum Gasteiger partial charge on any atom is 0.336 e. The van der Waals surface area contributed by atoms with Gasteiger partial charge in [-0.1, -0.05) is 48.0 Å². The summed E-state index contributed by atoms with van der Waals surface area (Å²) < 4.78 is 10.5. The van der Waals surface area contributed by atoms with Gasteiger partial charge in [-0.3, -0.25) is 4.79 Å². The van der Waals surface area contributed by atoms with Crippen LogP contribution in [0.15, 0.2) is 77.1 Å². The number of nitrogens with one attached hydrogen (secondary N) is 2. The summed E-state index contributed by atoms with van der Waals surface area (Å²) in [6.07, 6.45) is 3.82. The van der Waals surface area contributed by atoms with E-state index in [1.54, 1.807) is 39.2 Å². The molecule has 186 valence electrons. The minimum Gasteiger partial charge on any atom is -0.497 e. The number of allylic oxidation sites excluding steroid dienone is 2. The van der Waals surface area contributed by atoms with Gasteiger partial charge >= 0.3 is 5.97 Å². The lowest BCUT2D eigenvalue weighted by Crippen LogP contribution is -2.36. The average molecular weight is 506 g/mol. The number of benzene rings is 2. The predicted octanol–water partition coefficient (Wildman–Crippen LogP) is 4.87. The second-order valence-electron chi connectivity index (χ2n) is 8.12. The van der Waals surface area contributed by atoms with Crippen molar-refractivity contribution in [3.63, 3.8) is 0 Å². The van der Waals surface area contributed by atoms with Crippen molar-refractivity contribution in [1.29, 1.82) is 5.26 Å². The third-order valence-corrected chi connectivity index (χ3v) is 5.90. The smallest absolute Gasteiger partial charge is 0.336 e. The van der Waals surface area contributed by atoms with E-state index in [0.717, 1.165) is 11.3 Å². The highest BCUT2D eigenvalue weighted by Gasteiger charge is 2.37. The van der Waals surface area contributed by atoms with Gasteiger partial charge in [0.2, 0.25) is 5.91 Å². The SMILES string of the molecule is COc1ccc(/C=C/CNC(=O)C2=C(C)NC(C)=C(C(=O)OCCC#N)C2c2cccc(Cl)c2)cc1. The van der Waals surface area contributed by atoms with E-state index >= 15 is 0 Å². The Morgan fingerprint density at radius 2 is 1.86 bits per heavy atom. The van der Waals surface area contributed by atoms with Gasteiger partial charge in [-0.05, 0) is 49.2 Å². The molecule has 2 aromatic rings. The van der Waals surface area contributed by atoms with E-state index in [-0.39, 0.29) is 25.5 Å². The molecule has 7 nitrogen and oxygen atoms in total. The molecule has 0 aromatic heterocycles. The van der Waals surface area contributed by atoms with Crippen LogP contribution in [-0.2, 0) is 14.3 Å². The third kappa shape index (κ3) is 6.55. The lowest BCUT2D eigenvalue weighted by atomic mass is 9.80. The Labute approximate surface area is 216 Å². The van der Waals surface area contributed by atoms with Crippen LogP contribution in [0.25, 0.3) is 6.08 Å². The second-order valence-corrected chi connectivity index (χ2v) is 8.56. The van der Waals surface area contributed by atoms with Gasteiger partial charge in [-0.15, -0.1) is 0 Å². The van der Waals surface area contributed by atoms with Gasteiger partial charge in [0, 0.05) is 28.5 Å². The zero-order valence-electron chi connectivity index (χ0n) is 20.4. The summed E-state index contributed by atoms with van der Waals surface area (Å²) in [5, 5.41) is 15.3. The molecule has 1 amide bonds. The molecular weight excluding hydrogens is 478 g/mol. The molecule has 36 heavy (non-hydrogen) atoms. The summed E-state index contributed by atoms with van der Waals surface area (Å²) in [6.45, 7) is 3.80. The van der Waals surface area contributed by atoms with E-state index in [9.17, 15) is 9.59 Å². The number of carbonyl (C=O) groups is 2. The minimum atomic E-state index is -0.690. The quantitative estimate of drug-likeness (QED) is 0.372. The first-order valence-corrected chi connectivity index (χ1v) is 11.8. The molecule has 0 radical (unpaired) electrons. The first-order chi connectivity index (χ1) is 17.3. The Morgan fingerprint density at radius 3 is 2.53 bits per heavy atom. The monoisotopic (exact) mass is 505 g/mol. The van der Waals surface area contributed by atoms with Crippen molar-refractivity contribution in [1.82, 2.24) is 10.6 Å². The molecule has 0 saturated carbocycles. The highest BCUT2D eigenvalue weighted by Crippen LogP contribution is 2.39. The molecule has 1 aliphatic rings. The van der Waals surface area contributed by atoms with E-state index in [1.807, 2.05) is 48.6 Å². The zero-order valence-corrected chi connectivity index (χ0v) is 21.2. The van der Waals surface area contributed by atoms with Gasteiger partial charge in [0.25, 0.3) is 0 Å². The van der Waals surface area contributed by atoms with Crippen molar-refractivity contribution in [2.24, 2.45) is 0 Å². The van der Waals surface area contributed by atoms with Crippen LogP contribution in [0.4, 0.5) is 0 Å². The fourth-order valence-electron chi connectivity index (χ4n) is 4.01. The Morgan fingerprint density at radius 1 is 1.14 bits per heavy atom. The number of nitriles is 1. The Kier molecular flexibility index (Phi) is 9.32. The van der Waals surface area contributed by atoms with Gasteiger partial charge in [0.05, 0.1) is 31.1 Å². The molecule has 1 atom stereocenters. The van der Waals surface area contributed by atoms with Crippen molar-refractivity contribution < 1.29 is 19.1 Å². The number of rotatable bonds is 9. The van der Waals surface area contributed by atoms with Crippen molar-refractivity contribution in [2.75, 3.05) is 20.3 Å². The number of nitrogens with zero attached hydrogens (tertiary/aromatic N) is 1. The molecule has 1 heterocycles. The van der Waals surface area contributed by atoms with Crippen molar-refractivity contribution in [3.05, 3.63) is 93.3 Å². The number of methoxy groups -OCH3 is 1. The number of amides is 1. The van der Waals surface area contributed by atoms with Crippen LogP contribution in [0.1, 0.15) is 37.3 Å². The normalized spacial score (nSPS) is 15.4. The fourth-order valence-corrected chi connectivity index (χ4v) is 4.21. The molecule has 1 unspecified atom stereocenters. The Bertz CT molecular complexity index is 1260. The summed E-state index contributed by atoms with van der Waals surface area (Å²) in [4.78, 5) is 26.4. The van der Waals surface area contributed by atoms with Crippen LogP contribution in [-0.4, -0.2) is 32.1 Å². The summed E-state index contributed by atoms with van der Waals surface area (Å²) >= 11 is 6.26. The molecular formula is C28H28ClN3O4. The molecule has 0 fully saturated rings. The van der Waals surface area contributed by atoms with Crippen molar-refractivity contribution in [2.45, 2.75) is 26.2 Å².